The number of halogens is 1. The molecule has 3 aliphatic heterocycles. The maximum absolute atomic E-state index is 5.79. The van der Waals surface area contributed by atoms with Gasteiger partial charge < -0.3 is 19.7 Å². The highest BCUT2D eigenvalue weighted by atomic mass is 127. The molecule has 7 heteroatoms. The van der Waals surface area contributed by atoms with Crippen molar-refractivity contribution in [3.63, 3.8) is 0 Å². The Hall–Kier alpha value is -0.120. The number of hydrogen-bond donors (Lipinski definition) is 1. The fourth-order valence-electron chi connectivity index (χ4n) is 4.12. The quantitative estimate of drug-likeness (QED) is 0.389. The van der Waals surface area contributed by atoms with E-state index in [0.29, 0.717) is 5.41 Å². The Balaban J connectivity index is 0.00000225. The minimum atomic E-state index is -0.0315. The molecule has 0 amide bonds. The number of morpholine rings is 1. The number of hydrogen-bond acceptors (Lipinski definition) is 4. The van der Waals surface area contributed by atoms with E-state index < -0.39 is 0 Å². The molecule has 0 bridgehead atoms. The molecule has 0 aliphatic carbocycles. The fourth-order valence-corrected chi connectivity index (χ4v) is 4.12. The summed E-state index contributed by atoms with van der Waals surface area (Å²) in [5, 5.41) is 3.48. The second kappa shape index (κ2) is 9.19. The lowest BCUT2D eigenvalue weighted by Crippen LogP contribution is -2.49. The van der Waals surface area contributed by atoms with Gasteiger partial charge in [-0.1, -0.05) is 0 Å². The van der Waals surface area contributed by atoms with Crippen LogP contribution in [0.3, 0.4) is 0 Å². The Labute approximate surface area is 169 Å². The minimum Gasteiger partial charge on any atom is -0.381 e. The number of rotatable bonds is 4. The van der Waals surface area contributed by atoms with Crippen molar-refractivity contribution in [1.29, 1.82) is 0 Å². The van der Waals surface area contributed by atoms with E-state index in [1.54, 1.807) is 0 Å². The largest absolute Gasteiger partial charge is 0.381 e. The summed E-state index contributed by atoms with van der Waals surface area (Å²) >= 11 is 0. The number of nitrogens with zero attached hydrogens (tertiary/aromatic N) is 3. The first-order valence-electron chi connectivity index (χ1n) is 9.49. The van der Waals surface area contributed by atoms with Crippen LogP contribution in [0, 0.1) is 5.41 Å². The van der Waals surface area contributed by atoms with Crippen LogP contribution in [0.2, 0.25) is 0 Å². The van der Waals surface area contributed by atoms with Gasteiger partial charge in [-0.3, -0.25) is 9.89 Å². The fraction of sp³-hybridized carbons (Fsp3) is 0.944. The Morgan fingerprint density at radius 3 is 2.68 bits per heavy atom. The van der Waals surface area contributed by atoms with Crippen LogP contribution in [0.15, 0.2) is 4.99 Å². The van der Waals surface area contributed by atoms with Gasteiger partial charge in [0.1, 0.15) is 0 Å². The molecule has 3 saturated heterocycles. The van der Waals surface area contributed by atoms with E-state index in [1.807, 2.05) is 0 Å². The number of guanidine groups is 1. The average Bonchev–Trinajstić information content (AvgIpc) is 3.16. The van der Waals surface area contributed by atoms with E-state index in [4.69, 9.17) is 14.5 Å². The monoisotopic (exact) mass is 466 g/mol. The summed E-state index contributed by atoms with van der Waals surface area (Å²) in [5.74, 6) is 1.08. The summed E-state index contributed by atoms with van der Waals surface area (Å²) in [6, 6.07) is 0. The Bertz CT molecular complexity index is 452. The van der Waals surface area contributed by atoms with Crippen LogP contribution in [0.4, 0.5) is 0 Å². The Morgan fingerprint density at radius 1 is 1.16 bits per heavy atom. The van der Waals surface area contributed by atoms with Gasteiger partial charge in [-0.15, -0.1) is 24.0 Å². The third-order valence-corrected chi connectivity index (χ3v) is 5.44. The third kappa shape index (κ3) is 5.68. The number of nitrogens with one attached hydrogen (secondary N) is 1. The SMILES string of the molecule is CCNC(=NCCN1CCOC(C)(C)C1)N1CCC2(CCOC2)C1.I. The minimum absolute atomic E-state index is 0. The van der Waals surface area contributed by atoms with Gasteiger partial charge in [-0.2, -0.15) is 0 Å². The van der Waals surface area contributed by atoms with E-state index in [0.717, 1.165) is 71.6 Å². The molecule has 0 aromatic carbocycles. The predicted octanol–water partition coefficient (Wildman–Crippen LogP) is 1.79. The van der Waals surface area contributed by atoms with Crippen molar-refractivity contribution in [1.82, 2.24) is 15.1 Å². The molecule has 3 rings (SSSR count). The highest BCUT2D eigenvalue weighted by Crippen LogP contribution is 2.38. The molecule has 1 N–H and O–H groups in total. The zero-order valence-electron chi connectivity index (χ0n) is 16.1. The maximum Gasteiger partial charge on any atom is 0.193 e. The number of likely N-dealkylation sites (tertiary alicyclic amines) is 1. The Kier molecular flexibility index (Phi) is 7.79. The highest BCUT2D eigenvalue weighted by Gasteiger charge is 2.42. The predicted molar refractivity (Wildman–Crippen MR) is 112 cm³/mol. The van der Waals surface area contributed by atoms with E-state index >= 15 is 0 Å². The van der Waals surface area contributed by atoms with Crippen LogP contribution in [0.1, 0.15) is 33.6 Å². The molecule has 1 atom stereocenters. The zero-order chi connectivity index (χ0) is 17.0. The highest BCUT2D eigenvalue weighted by molar-refractivity contribution is 14.0. The first-order valence-corrected chi connectivity index (χ1v) is 9.49. The normalized spacial score (nSPS) is 29.9. The molecule has 1 unspecified atom stereocenters. The molecule has 1 spiro atoms. The van der Waals surface area contributed by atoms with E-state index in [2.05, 4.69) is 35.9 Å². The van der Waals surface area contributed by atoms with Gasteiger partial charge in [0.05, 0.1) is 25.4 Å². The van der Waals surface area contributed by atoms with Crippen LogP contribution >= 0.6 is 24.0 Å². The van der Waals surface area contributed by atoms with Gasteiger partial charge in [-0.25, -0.2) is 0 Å². The lowest BCUT2D eigenvalue weighted by molar-refractivity contribution is -0.0850. The summed E-state index contributed by atoms with van der Waals surface area (Å²) in [6.45, 7) is 16.1. The van der Waals surface area contributed by atoms with Gasteiger partial charge in [0, 0.05) is 51.3 Å². The van der Waals surface area contributed by atoms with Gasteiger partial charge in [0.15, 0.2) is 5.96 Å². The van der Waals surface area contributed by atoms with Crippen molar-refractivity contribution >= 4 is 29.9 Å². The van der Waals surface area contributed by atoms with Crippen molar-refractivity contribution in [2.75, 3.05) is 65.6 Å². The summed E-state index contributed by atoms with van der Waals surface area (Å²) in [7, 11) is 0. The van der Waals surface area contributed by atoms with Crippen molar-refractivity contribution < 1.29 is 9.47 Å². The molecule has 6 nitrogen and oxygen atoms in total. The zero-order valence-corrected chi connectivity index (χ0v) is 18.4. The second-order valence-electron chi connectivity index (χ2n) is 8.09. The molecule has 0 aromatic heterocycles. The van der Waals surface area contributed by atoms with Gasteiger partial charge in [0.25, 0.3) is 0 Å². The third-order valence-electron chi connectivity index (χ3n) is 5.44. The lowest BCUT2D eigenvalue weighted by atomic mass is 9.87. The number of aliphatic imine (C=N–C) groups is 1. The van der Waals surface area contributed by atoms with Crippen LogP contribution in [0.5, 0.6) is 0 Å². The van der Waals surface area contributed by atoms with E-state index in [-0.39, 0.29) is 29.6 Å². The molecule has 146 valence electrons. The summed E-state index contributed by atoms with van der Waals surface area (Å²) < 4.78 is 11.4. The van der Waals surface area contributed by atoms with Crippen LogP contribution in [-0.4, -0.2) is 87.0 Å². The summed E-state index contributed by atoms with van der Waals surface area (Å²) in [6.07, 6.45) is 2.43. The average molecular weight is 466 g/mol. The molecular formula is C18H35IN4O2. The number of ether oxygens (including phenoxy) is 2. The van der Waals surface area contributed by atoms with E-state index in [9.17, 15) is 0 Å². The Morgan fingerprint density at radius 2 is 2.00 bits per heavy atom. The first kappa shape index (κ1) is 21.2. The molecular weight excluding hydrogens is 431 g/mol. The van der Waals surface area contributed by atoms with E-state index in [1.165, 1.54) is 12.8 Å². The van der Waals surface area contributed by atoms with Gasteiger partial charge in [-0.05, 0) is 33.6 Å². The summed E-state index contributed by atoms with van der Waals surface area (Å²) in [4.78, 5) is 9.80. The standard InChI is InChI=1S/C18H34N4O2.HI/c1-4-19-16(22-8-5-18(14-22)6-11-23-15-18)20-7-9-21-10-12-24-17(2,3)13-21;/h4-15H2,1-3H3,(H,19,20);1H. The van der Waals surface area contributed by atoms with Crippen molar-refractivity contribution in [2.45, 2.75) is 39.2 Å². The van der Waals surface area contributed by atoms with Crippen molar-refractivity contribution in [3.05, 3.63) is 0 Å². The van der Waals surface area contributed by atoms with Crippen molar-refractivity contribution in [2.24, 2.45) is 10.4 Å². The van der Waals surface area contributed by atoms with Crippen LogP contribution in [-0.2, 0) is 9.47 Å². The molecule has 0 saturated carbocycles. The molecule has 3 aliphatic rings. The van der Waals surface area contributed by atoms with Crippen LogP contribution in [0.25, 0.3) is 0 Å². The second-order valence-corrected chi connectivity index (χ2v) is 8.09. The topological polar surface area (TPSA) is 49.3 Å². The van der Waals surface area contributed by atoms with Crippen LogP contribution < -0.4 is 5.32 Å². The molecule has 3 heterocycles. The molecule has 3 fully saturated rings. The maximum atomic E-state index is 5.79. The smallest absolute Gasteiger partial charge is 0.193 e. The van der Waals surface area contributed by atoms with Crippen molar-refractivity contribution in [3.8, 4) is 0 Å². The molecule has 25 heavy (non-hydrogen) atoms. The molecule has 0 radical (unpaired) electrons. The van der Waals surface area contributed by atoms with Gasteiger partial charge >= 0.3 is 0 Å². The summed E-state index contributed by atoms with van der Waals surface area (Å²) in [5.41, 5.74) is 0.348. The molecule has 0 aromatic rings. The van der Waals surface area contributed by atoms with Gasteiger partial charge in [0.2, 0.25) is 0 Å². The lowest BCUT2D eigenvalue weighted by Gasteiger charge is -2.38. The first-order chi connectivity index (χ1) is 11.5.